The first-order chi connectivity index (χ1) is 12.6. The second-order valence-electron chi connectivity index (χ2n) is 6.72. The number of methoxy groups -OCH3 is 2. The zero-order chi connectivity index (χ0) is 18.5. The highest BCUT2D eigenvalue weighted by Crippen LogP contribution is 2.34. The van der Waals surface area contributed by atoms with E-state index >= 15 is 0 Å². The quantitative estimate of drug-likeness (QED) is 0.897. The van der Waals surface area contributed by atoms with Gasteiger partial charge in [0.05, 0.1) is 14.2 Å². The second kappa shape index (κ2) is 8.23. The summed E-state index contributed by atoms with van der Waals surface area (Å²) >= 11 is 0. The van der Waals surface area contributed by atoms with Gasteiger partial charge in [0.25, 0.3) is 5.91 Å². The van der Waals surface area contributed by atoms with Gasteiger partial charge >= 0.3 is 0 Å². The highest BCUT2D eigenvalue weighted by Gasteiger charge is 2.31. The number of likely N-dealkylation sites (N-methyl/N-ethyl adjacent to an activating group) is 1. The summed E-state index contributed by atoms with van der Waals surface area (Å²) in [5.41, 5.74) is 1.84. The van der Waals surface area contributed by atoms with Gasteiger partial charge in [-0.25, -0.2) is 0 Å². The number of hydrogen-bond donors (Lipinski definition) is 1. The van der Waals surface area contributed by atoms with Gasteiger partial charge in [0.15, 0.2) is 11.5 Å². The van der Waals surface area contributed by atoms with Crippen molar-refractivity contribution in [1.29, 1.82) is 0 Å². The van der Waals surface area contributed by atoms with Gasteiger partial charge in [-0.1, -0.05) is 24.3 Å². The van der Waals surface area contributed by atoms with Crippen molar-refractivity contribution in [3.05, 3.63) is 59.7 Å². The number of likely N-dealkylation sites (tertiary alicyclic amines) is 1. The van der Waals surface area contributed by atoms with E-state index in [9.17, 15) is 4.79 Å². The molecular weight excluding hydrogens is 328 g/mol. The Morgan fingerprint density at radius 1 is 1.08 bits per heavy atom. The second-order valence-corrected chi connectivity index (χ2v) is 6.72. The van der Waals surface area contributed by atoms with Crippen LogP contribution in [0.5, 0.6) is 11.5 Å². The minimum atomic E-state index is -0.0226. The van der Waals surface area contributed by atoms with Crippen molar-refractivity contribution in [3.8, 4) is 11.5 Å². The number of carbonyl (C=O) groups is 1. The van der Waals surface area contributed by atoms with E-state index in [1.807, 2.05) is 42.5 Å². The van der Waals surface area contributed by atoms with Gasteiger partial charge in [-0.2, -0.15) is 0 Å². The fourth-order valence-corrected chi connectivity index (χ4v) is 3.55. The number of rotatable bonds is 5. The van der Waals surface area contributed by atoms with Crippen LogP contribution in [0.15, 0.2) is 48.5 Å². The van der Waals surface area contributed by atoms with Crippen LogP contribution in [0.4, 0.5) is 0 Å². The summed E-state index contributed by atoms with van der Waals surface area (Å²) < 4.78 is 10.8. The summed E-state index contributed by atoms with van der Waals surface area (Å²) in [5, 5.41) is 3.23. The molecule has 2 aromatic rings. The monoisotopic (exact) mass is 354 g/mol. The molecule has 0 bridgehead atoms. The first kappa shape index (κ1) is 18.3. The SMILES string of the molecule is COc1ccc(C2CN(C)CCC2NC(=O)c2ccccc2)cc1OC. The molecule has 2 unspecified atom stereocenters. The van der Waals surface area contributed by atoms with Gasteiger partial charge in [-0.15, -0.1) is 0 Å². The summed E-state index contributed by atoms with van der Waals surface area (Å²) in [6.45, 7) is 1.85. The van der Waals surface area contributed by atoms with Crippen LogP contribution < -0.4 is 14.8 Å². The Bertz CT molecular complexity index is 748. The lowest BCUT2D eigenvalue weighted by atomic mass is 9.85. The first-order valence-corrected chi connectivity index (χ1v) is 8.88. The molecule has 5 nitrogen and oxygen atoms in total. The molecule has 138 valence electrons. The largest absolute Gasteiger partial charge is 0.493 e. The van der Waals surface area contributed by atoms with Crippen molar-refractivity contribution in [3.63, 3.8) is 0 Å². The molecule has 5 heteroatoms. The van der Waals surface area contributed by atoms with E-state index in [0.717, 1.165) is 25.1 Å². The molecule has 0 saturated carbocycles. The fourth-order valence-electron chi connectivity index (χ4n) is 3.55. The standard InChI is InChI=1S/C21H26N2O3/c1-23-12-11-18(22-21(24)15-7-5-4-6-8-15)17(14-23)16-9-10-19(25-2)20(13-16)26-3/h4-10,13,17-18H,11-12,14H2,1-3H3,(H,22,24). The number of hydrogen-bond acceptors (Lipinski definition) is 4. The van der Waals surface area contributed by atoms with Crippen molar-refractivity contribution in [2.45, 2.75) is 18.4 Å². The number of benzene rings is 2. The van der Waals surface area contributed by atoms with E-state index in [1.165, 1.54) is 0 Å². The summed E-state index contributed by atoms with van der Waals surface area (Å²) in [5.74, 6) is 1.60. The Balaban J connectivity index is 1.83. The lowest BCUT2D eigenvalue weighted by Gasteiger charge is -2.37. The van der Waals surface area contributed by atoms with Gasteiger partial charge in [-0.05, 0) is 49.8 Å². The molecule has 2 atom stereocenters. The van der Waals surface area contributed by atoms with Crippen molar-refractivity contribution in [2.24, 2.45) is 0 Å². The van der Waals surface area contributed by atoms with Crippen LogP contribution in [-0.4, -0.2) is 51.2 Å². The highest BCUT2D eigenvalue weighted by atomic mass is 16.5. The minimum absolute atomic E-state index is 0.0226. The number of nitrogens with one attached hydrogen (secondary N) is 1. The Hall–Kier alpha value is -2.53. The third-order valence-electron chi connectivity index (χ3n) is 5.00. The molecule has 1 aliphatic heterocycles. The van der Waals surface area contributed by atoms with Crippen LogP contribution in [0.25, 0.3) is 0 Å². The van der Waals surface area contributed by atoms with Gasteiger partial charge in [-0.3, -0.25) is 4.79 Å². The van der Waals surface area contributed by atoms with Crippen LogP contribution in [0, 0.1) is 0 Å². The maximum absolute atomic E-state index is 12.6. The van der Waals surface area contributed by atoms with E-state index in [-0.39, 0.29) is 17.9 Å². The number of ether oxygens (including phenoxy) is 2. The molecule has 0 radical (unpaired) electrons. The third-order valence-corrected chi connectivity index (χ3v) is 5.00. The number of carbonyl (C=O) groups excluding carboxylic acids is 1. The average Bonchev–Trinajstić information content (AvgIpc) is 2.69. The number of amides is 1. The molecule has 1 aliphatic rings. The summed E-state index contributed by atoms with van der Waals surface area (Å²) in [6, 6.07) is 15.5. The lowest BCUT2D eigenvalue weighted by molar-refractivity contribution is 0.0904. The summed E-state index contributed by atoms with van der Waals surface area (Å²) in [6.07, 6.45) is 0.911. The molecule has 1 saturated heterocycles. The predicted molar refractivity (Wildman–Crippen MR) is 102 cm³/mol. The topological polar surface area (TPSA) is 50.8 Å². The molecule has 2 aromatic carbocycles. The summed E-state index contributed by atoms with van der Waals surface area (Å²) in [7, 11) is 5.39. The Morgan fingerprint density at radius 2 is 1.81 bits per heavy atom. The van der Waals surface area contributed by atoms with Crippen molar-refractivity contribution in [2.75, 3.05) is 34.4 Å². The van der Waals surface area contributed by atoms with E-state index in [0.29, 0.717) is 17.1 Å². The maximum atomic E-state index is 12.6. The van der Waals surface area contributed by atoms with E-state index in [1.54, 1.807) is 14.2 Å². The molecule has 0 aliphatic carbocycles. The Kier molecular flexibility index (Phi) is 5.78. The van der Waals surface area contributed by atoms with Crippen molar-refractivity contribution >= 4 is 5.91 Å². The van der Waals surface area contributed by atoms with Crippen molar-refractivity contribution < 1.29 is 14.3 Å². The van der Waals surface area contributed by atoms with Crippen LogP contribution in [0.3, 0.4) is 0 Å². The average molecular weight is 354 g/mol. The van der Waals surface area contributed by atoms with Crippen LogP contribution in [-0.2, 0) is 0 Å². The fraction of sp³-hybridized carbons (Fsp3) is 0.381. The third kappa shape index (κ3) is 3.99. The minimum Gasteiger partial charge on any atom is -0.493 e. The van der Waals surface area contributed by atoms with Crippen LogP contribution >= 0.6 is 0 Å². The molecule has 3 rings (SSSR count). The first-order valence-electron chi connectivity index (χ1n) is 8.88. The Labute approximate surface area is 154 Å². The Morgan fingerprint density at radius 3 is 2.50 bits per heavy atom. The van der Waals surface area contributed by atoms with Gasteiger partial charge in [0.1, 0.15) is 0 Å². The predicted octanol–water partition coefficient (Wildman–Crippen LogP) is 2.92. The molecule has 26 heavy (non-hydrogen) atoms. The summed E-state index contributed by atoms with van der Waals surface area (Å²) in [4.78, 5) is 14.9. The normalized spacial score (nSPS) is 20.4. The van der Waals surface area contributed by atoms with E-state index < -0.39 is 0 Å². The van der Waals surface area contributed by atoms with Gasteiger partial charge in [0.2, 0.25) is 0 Å². The van der Waals surface area contributed by atoms with Gasteiger partial charge in [0, 0.05) is 24.1 Å². The zero-order valence-corrected chi connectivity index (χ0v) is 15.6. The van der Waals surface area contributed by atoms with Crippen LogP contribution in [0.1, 0.15) is 28.3 Å². The smallest absolute Gasteiger partial charge is 0.251 e. The number of nitrogens with zero attached hydrogens (tertiary/aromatic N) is 1. The maximum Gasteiger partial charge on any atom is 0.251 e. The highest BCUT2D eigenvalue weighted by molar-refractivity contribution is 5.94. The molecule has 0 aromatic heterocycles. The van der Waals surface area contributed by atoms with Gasteiger partial charge < -0.3 is 19.7 Å². The molecule has 1 N–H and O–H groups in total. The molecule has 1 amide bonds. The van der Waals surface area contributed by atoms with E-state index in [2.05, 4.69) is 23.3 Å². The zero-order valence-electron chi connectivity index (χ0n) is 15.6. The molecule has 0 spiro atoms. The van der Waals surface area contributed by atoms with Crippen molar-refractivity contribution in [1.82, 2.24) is 10.2 Å². The van der Waals surface area contributed by atoms with E-state index in [4.69, 9.17) is 9.47 Å². The number of piperidine rings is 1. The lowest BCUT2D eigenvalue weighted by Crippen LogP contribution is -2.48. The molecule has 1 fully saturated rings. The molecular formula is C21H26N2O3. The van der Waals surface area contributed by atoms with Crippen LogP contribution in [0.2, 0.25) is 0 Å². The molecule has 1 heterocycles.